The zero-order valence-corrected chi connectivity index (χ0v) is 15.1. The lowest BCUT2D eigenvalue weighted by molar-refractivity contribution is 0.0249. The number of carboxylic acids is 1. The summed E-state index contributed by atoms with van der Waals surface area (Å²) in [7, 11) is 0. The smallest absolute Gasteiger partial charge is 0.338 e. The fourth-order valence-corrected chi connectivity index (χ4v) is 2.59. The lowest BCUT2D eigenvalue weighted by Crippen LogP contribution is -2.18. The third-order valence-electron chi connectivity index (χ3n) is 4.08. The van der Waals surface area contributed by atoms with Crippen LogP contribution >= 0.6 is 0 Å². The number of carbonyl (C=O) groups is 2. The van der Waals surface area contributed by atoms with Crippen LogP contribution in [0, 0.1) is 5.92 Å². The Kier molecular flexibility index (Phi) is 9.13. The van der Waals surface area contributed by atoms with E-state index >= 15 is 0 Å². The van der Waals surface area contributed by atoms with Crippen LogP contribution in [0.2, 0.25) is 0 Å². The van der Waals surface area contributed by atoms with Crippen LogP contribution in [0.3, 0.4) is 0 Å². The average Bonchev–Trinajstić information content (AvgIpc) is 2.55. The van der Waals surface area contributed by atoms with Gasteiger partial charge in [0.25, 0.3) is 0 Å². The maximum atomic E-state index is 12.3. The van der Waals surface area contributed by atoms with E-state index in [1.54, 1.807) is 0 Å². The molecule has 1 aromatic carbocycles. The average molecular weight is 334 g/mol. The van der Waals surface area contributed by atoms with E-state index in [4.69, 9.17) is 9.84 Å². The van der Waals surface area contributed by atoms with Crippen LogP contribution in [0.5, 0.6) is 0 Å². The van der Waals surface area contributed by atoms with E-state index in [0.29, 0.717) is 11.5 Å². The molecule has 1 unspecified atom stereocenters. The van der Waals surface area contributed by atoms with Crippen molar-refractivity contribution in [1.29, 1.82) is 0 Å². The first-order valence-electron chi connectivity index (χ1n) is 8.98. The van der Waals surface area contributed by atoms with Gasteiger partial charge in [-0.25, -0.2) is 9.59 Å². The SMILES string of the molecule is CCCCC(CCCCC(C)C)OC(=O)c1ccc(C(=O)O)cc1. The van der Waals surface area contributed by atoms with Crippen LogP contribution in [0.1, 0.15) is 86.4 Å². The minimum Gasteiger partial charge on any atom is -0.478 e. The number of unbranched alkanes of at least 4 members (excludes halogenated alkanes) is 2. The summed E-state index contributed by atoms with van der Waals surface area (Å²) in [6.45, 7) is 6.56. The molecule has 0 saturated heterocycles. The summed E-state index contributed by atoms with van der Waals surface area (Å²) in [6.07, 6.45) is 7.27. The standard InChI is InChI=1S/C20H30O4/c1-4-5-9-18(10-7-6-8-15(2)3)24-20(23)17-13-11-16(12-14-17)19(21)22/h11-15,18H,4-10H2,1-3H3,(H,21,22). The predicted molar refractivity (Wildman–Crippen MR) is 95.4 cm³/mol. The lowest BCUT2D eigenvalue weighted by Gasteiger charge is -2.18. The van der Waals surface area contributed by atoms with Crippen molar-refractivity contribution in [2.24, 2.45) is 5.92 Å². The summed E-state index contributed by atoms with van der Waals surface area (Å²) in [6, 6.07) is 5.90. The van der Waals surface area contributed by atoms with Gasteiger partial charge in [0.15, 0.2) is 0 Å². The van der Waals surface area contributed by atoms with Gasteiger partial charge in [0, 0.05) is 0 Å². The maximum Gasteiger partial charge on any atom is 0.338 e. The van der Waals surface area contributed by atoms with E-state index in [1.807, 2.05) is 0 Å². The quantitative estimate of drug-likeness (QED) is 0.439. The molecule has 4 heteroatoms. The van der Waals surface area contributed by atoms with Crippen LogP contribution in [0.4, 0.5) is 0 Å². The number of hydrogen-bond acceptors (Lipinski definition) is 3. The van der Waals surface area contributed by atoms with Crippen molar-refractivity contribution in [3.05, 3.63) is 35.4 Å². The van der Waals surface area contributed by atoms with Gasteiger partial charge in [-0.05, 0) is 49.4 Å². The molecule has 0 aliphatic rings. The lowest BCUT2D eigenvalue weighted by atomic mass is 10.0. The van der Waals surface area contributed by atoms with Crippen molar-refractivity contribution in [2.75, 3.05) is 0 Å². The predicted octanol–water partition coefficient (Wildman–Crippen LogP) is 5.32. The van der Waals surface area contributed by atoms with Crippen molar-refractivity contribution in [3.63, 3.8) is 0 Å². The van der Waals surface area contributed by atoms with Gasteiger partial charge in [0.1, 0.15) is 6.10 Å². The molecule has 1 aromatic rings. The van der Waals surface area contributed by atoms with Gasteiger partial charge in [-0.2, -0.15) is 0 Å². The minimum atomic E-state index is -0.999. The molecule has 0 saturated carbocycles. The Morgan fingerprint density at radius 1 is 0.958 bits per heavy atom. The van der Waals surface area contributed by atoms with Crippen LogP contribution in [0.25, 0.3) is 0 Å². The fourth-order valence-electron chi connectivity index (χ4n) is 2.59. The maximum absolute atomic E-state index is 12.3. The van der Waals surface area contributed by atoms with Crippen LogP contribution < -0.4 is 0 Å². The number of esters is 1. The monoisotopic (exact) mass is 334 g/mol. The molecule has 0 aliphatic heterocycles. The van der Waals surface area contributed by atoms with Crippen LogP contribution in [-0.4, -0.2) is 23.1 Å². The number of carbonyl (C=O) groups excluding carboxylic acids is 1. The molecule has 0 fully saturated rings. The second-order valence-electron chi connectivity index (χ2n) is 6.73. The number of hydrogen-bond donors (Lipinski definition) is 1. The van der Waals surface area contributed by atoms with Gasteiger partial charge >= 0.3 is 11.9 Å². The Hall–Kier alpha value is -1.84. The van der Waals surface area contributed by atoms with Gasteiger partial charge in [-0.15, -0.1) is 0 Å². The summed E-state index contributed by atoms with van der Waals surface area (Å²) in [5.74, 6) is -0.660. The fraction of sp³-hybridized carbons (Fsp3) is 0.600. The molecule has 0 radical (unpaired) electrons. The number of carboxylic acid groups (broad SMARTS) is 1. The molecule has 134 valence electrons. The van der Waals surface area contributed by atoms with Crippen LogP contribution in [0.15, 0.2) is 24.3 Å². The normalized spacial score (nSPS) is 12.2. The third-order valence-corrected chi connectivity index (χ3v) is 4.08. The van der Waals surface area contributed by atoms with E-state index in [2.05, 4.69) is 20.8 Å². The molecule has 24 heavy (non-hydrogen) atoms. The minimum absolute atomic E-state index is 0.0521. The molecule has 1 atom stereocenters. The topological polar surface area (TPSA) is 63.6 Å². The molecule has 0 bridgehead atoms. The second kappa shape index (κ2) is 10.8. The summed E-state index contributed by atoms with van der Waals surface area (Å²) in [5.41, 5.74) is 0.575. The molecule has 1 rings (SSSR count). The summed E-state index contributed by atoms with van der Waals surface area (Å²) in [4.78, 5) is 23.1. The van der Waals surface area contributed by atoms with Gasteiger partial charge < -0.3 is 9.84 Å². The molecule has 4 nitrogen and oxygen atoms in total. The van der Waals surface area contributed by atoms with E-state index in [-0.39, 0.29) is 17.6 Å². The zero-order valence-electron chi connectivity index (χ0n) is 15.1. The summed E-state index contributed by atoms with van der Waals surface area (Å²) >= 11 is 0. The molecule has 1 N–H and O–H groups in total. The van der Waals surface area contributed by atoms with Crippen molar-refractivity contribution in [1.82, 2.24) is 0 Å². The molecule has 0 aliphatic carbocycles. The molecular formula is C20H30O4. The van der Waals surface area contributed by atoms with Crippen molar-refractivity contribution >= 4 is 11.9 Å². The largest absolute Gasteiger partial charge is 0.478 e. The highest BCUT2D eigenvalue weighted by Gasteiger charge is 2.16. The number of benzene rings is 1. The van der Waals surface area contributed by atoms with Gasteiger partial charge in [-0.1, -0.05) is 46.5 Å². The summed E-state index contributed by atoms with van der Waals surface area (Å²) in [5, 5.41) is 8.90. The van der Waals surface area contributed by atoms with Gasteiger partial charge in [-0.3, -0.25) is 0 Å². The first-order chi connectivity index (χ1) is 11.4. The van der Waals surface area contributed by atoms with E-state index < -0.39 is 5.97 Å². The highest BCUT2D eigenvalue weighted by molar-refractivity contribution is 5.92. The number of aromatic carboxylic acids is 1. The van der Waals surface area contributed by atoms with Crippen LogP contribution in [-0.2, 0) is 4.74 Å². The Morgan fingerprint density at radius 3 is 2.04 bits per heavy atom. The number of rotatable bonds is 11. The zero-order chi connectivity index (χ0) is 17.9. The molecular weight excluding hydrogens is 304 g/mol. The molecule has 0 amide bonds. The van der Waals surface area contributed by atoms with Crippen molar-refractivity contribution < 1.29 is 19.4 Å². The second-order valence-corrected chi connectivity index (χ2v) is 6.73. The number of ether oxygens (including phenoxy) is 1. The first-order valence-corrected chi connectivity index (χ1v) is 8.98. The molecule has 0 aromatic heterocycles. The highest BCUT2D eigenvalue weighted by atomic mass is 16.5. The summed E-state index contributed by atoms with van der Waals surface area (Å²) < 4.78 is 5.66. The van der Waals surface area contributed by atoms with E-state index in [1.165, 1.54) is 30.7 Å². The Bertz CT molecular complexity index is 505. The van der Waals surface area contributed by atoms with Crippen molar-refractivity contribution in [2.45, 2.75) is 71.8 Å². The van der Waals surface area contributed by atoms with E-state index in [0.717, 1.165) is 38.5 Å². The van der Waals surface area contributed by atoms with Gasteiger partial charge in [0.2, 0.25) is 0 Å². The third kappa shape index (κ3) is 7.62. The Balaban J connectivity index is 2.56. The molecule has 0 spiro atoms. The molecule has 0 heterocycles. The van der Waals surface area contributed by atoms with Crippen molar-refractivity contribution in [3.8, 4) is 0 Å². The van der Waals surface area contributed by atoms with Gasteiger partial charge in [0.05, 0.1) is 11.1 Å². The Labute approximate surface area is 145 Å². The first kappa shape index (κ1) is 20.2. The van der Waals surface area contributed by atoms with E-state index in [9.17, 15) is 9.59 Å². The Morgan fingerprint density at radius 2 is 1.50 bits per heavy atom. The highest BCUT2D eigenvalue weighted by Crippen LogP contribution is 2.17.